The predicted molar refractivity (Wildman–Crippen MR) is 84.1 cm³/mol. The summed E-state index contributed by atoms with van der Waals surface area (Å²) in [6.07, 6.45) is 2.39. The molecule has 1 unspecified atom stereocenters. The van der Waals surface area contributed by atoms with Crippen LogP contribution in [0, 0.1) is 0 Å². The minimum absolute atomic E-state index is 0. The van der Waals surface area contributed by atoms with Crippen LogP contribution in [0.4, 0.5) is 0 Å². The Kier molecular flexibility index (Phi) is 7.32. The fourth-order valence-electron chi connectivity index (χ4n) is 2.32. The maximum Gasteiger partial charge on any atom is 0.226 e. The predicted octanol–water partition coefficient (Wildman–Crippen LogP) is 1.84. The lowest BCUT2D eigenvalue weighted by molar-refractivity contribution is -0.132. The van der Waals surface area contributed by atoms with Crippen molar-refractivity contribution in [1.29, 1.82) is 0 Å². The number of carbonyl (C=O) groups is 1. The van der Waals surface area contributed by atoms with Crippen LogP contribution in [-0.4, -0.2) is 43.7 Å². The zero-order valence-corrected chi connectivity index (χ0v) is 13.1. The zero-order valence-electron chi connectivity index (χ0n) is 12.3. The van der Waals surface area contributed by atoms with E-state index in [1.54, 1.807) is 7.11 Å². The SMILES string of the molecule is COc1ccc(OCCC(=O)N2CCCC(N)C2)cc1.Cl. The number of ether oxygens (including phenoxy) is 2. The lowest BCUT2D eigenvalue weighted by atomic mass is 10.1. The van der Waals surface area contributed by atoms with E-state index >= 15 is 0 Å². The minimum Gasteiger partial charge on any atom is -0.497 e. The van der Waals surface area contributed by atoms with Crippen molar-refractivity contribution >= 4 is 18.3 Å². The van der Waals surface area contributed by atoms with E-state index in [1.807, 2.05) is 29.2 Å². The van der Waals surface area contributed by atoms with Gasteiger partial charge in [-0.25, -0.2) is 0 Å². The highest BCUT2D eigenvalue weighted by atomic mass is 35.5. The molecule has 0 aliphatic carbocycles. The molecule has 5 nitrogen and oxygen atoms in total. The van der Waals surface area contributed by atoms with Crippen LogP contribution >= 0.6 is 12.4 Å². The molecular formula is C15H23ClN2O3. The average Bonchev–Trinajstić information content (AvgIpc) is 2.48. The first-order valence-corrected chi connectivity index (χ1v) is 6.99. The molecule has 0 saturated carbocycles. The van der Waals surface area contributed by atoms with Crippen LogP contribution in [0.5, 0.6) is 11.5 Å². The number of nitrogens with two attached hydrogens (primary N) is 1. The van der Waals surface area contributed by atoms with Crippen LogP contribution in [0.25, 0.3) is 0 Å². The van der Waals surface area contributed by atoms with Crippen molar-refractivity contribution in [2.24, 2.45) is 5.73 Å². The summed E-state index contributed by atoms with van der Waals surface area (Å²) in [5.74, 6) is 1.65. The number of benzene rings is 1. The van der Waals surface area contributed by atoms with Crippen LogP contribution < -0.4 is 15.2 Å². The van der Waals surface area contributed by atoms with Gasteiger partial charge in [-0.3, -0.25) is 4.79 Å². The molecule has 0 bridgehead atoms. The molecule has 1 aliphatic rings. The summed E-state index contributed by atoms with van der Waals surface area (Å²) in [7, 11) is 1.62. The standard InChI is InChI=1S/C15H22N2O3.ClH/c1-19-13-4-6-14(7-5-13)20-10-8-15(18)17-9-2-3-12(16)11-17;/h4-7,12H,2-3,8-11,16H2,1H3;1H. The third-order valence-corrected chi connectivity index (χ3v) is 3.45. The molecule has 21 heavy (non-hydrogen) atoms. The van der Waals surface area contributed by atoms with Crippen molar-refractivity contribution < 1.29 is 14.3 Å². The van der Waals surface area contributed by atoms with Crippen molar-refractivity contribution in [2.45, 2.75) is 25.3 Å². The van der Waals surface area contributed by atoms with Crippen molar-refractivity contribution in [3.8, 4) is 11.5 Å². The highest BCUT2D eigenvalue weighted by molar-refractivity contribution is 5.85. The summed E-state index contributed by atoms with van der Waals surface area (Å²) in [5.41, 5.74) is 5.87. The number of methoxy groups -OCH3 is 1. The zero-order chi connectivity index (χ0) is 14.4. The smallest absolute Gasteiger partial charge is 0.226 e. The van der Waals surface area contributed by atoms with E-state index in [-0.39, 0.29) is 24.4 Å². The largest absolute Gasteiger partial charge is 0.497 e. The van der Waals surface area contributed by atoms with Gasteiger partial charge in [0.1, 0.15) is 11.5 Å². The second-order valence-electron chi connectivity index (χ2n) is 5.02. The van der Waals surface area contributed by atoms with E-state index in [1.165, 1.54) is 0 Å². The molecule has 1 saturated heterocycles. The first-order valence-electron chi connectivity index (χ1n) is 6.99. The Balaban J connectivity index is 0.00000220. The van der Waals surface area contributed by atoms with Gasteiger partial charge in [0.2, 0.25) is 5.91 Å². The van der Waals surface area contributed by atoms with Crippen molar-refractivity contribution in [3.63, 3.8) is 0 Å². The first-order chi connectivity index (χ1) is 9.69. The Bertz CT molecular complexity index is 439. The van der Waals surface area contributed by atoms with E-state index < -0.39 is 0 Å². The van der Waals surface area contributed by atoms with Gasteiger partial charge in [0.25, 0.3) is 0 Å². The van der Waals surface area contributed by atoms with Gasteiger partial charge in [0.15, 0.2) is 0 Å². The quantitative estimate of drug-likeness (QED) is 0.900. The highest BCUT2D eigenvalue weighted by Crippen LogP contribution is 2.17. The number of rotatable bonds is 5. The van der Waals surface area contributed by atoms with E-state index in [4.69, 9.17) is 15.2 Å². The van der Waals surface area contributed by atoms with E-state index in [0.29, 0.717) is 19.6 Å². The number of likely N-dealkylation sites (tertiary alicyclic amines) is 1. The molecule has 1 amide bonds. The summed E-state index contributed by atoms with van der Waals surface area (Å²) in [6, 6.07) is 7.46. The molecule has 2 rings (SSSR count). The molecule has 2 N–H and O–H groups in total. The second kappa shape index (κ2) is 8.74. The van der Waals surface area contributed by atoms with Gasteiger partial charge in [0.05, 0.1) is 20.1 Å². The van der Waals surface area contributed by atoms with Crippen LogP contribution in [0.1, 0.15) is 19.3 Å². The molecule has 0 spiro atoms. The van der Waals surface area contributed by atoms with Crippen LogP contribution in [0.3, 0.4) is 0 Å². The number of amides is 1. The Labute approximate surface area is 131 Å². The molecule has 1 heterocycles. The second-order valence-corrected chi connectivity index (χ2v) is 5.02. The van der Waals surface area contributed by atoms with Gasteiger partial charge < -0.3 is 20.1 Å². The van der Waals surface area contributed by atoms with Crippen molar-refractivity contribution in [3.05, 3.63) is 24.3 Å². The molecule has 0 aromatic heterocycles. The van der Waals surface area contributed by atoms with Crippen molar-refractivity contribution in [1.82, 2.24) is 4.90 Å². The topological polar surface area (TPSA) is 64.8 Å². The lowest BCUT2D eigenvalue weighted by Gasteiger charge is -2.30. The van der Waals surface area contributed by atoms with Gasteiger partial charge in [-0.15, -0.1) is 12.4 Å². The van der Waals surface area contributed by atoms with Crippen LogP contribution in [-0.2, 0) is 4.79 Å². The molecule has 1 aromatic rings. The minimum atomic E-state index is 0. The number of hydrogen-bond donors (Lipinski definition) is 1. The maximum atomic E-state index is 12.0. The molecule has 1 aromatic carbocycles. The number of nitrogens with zero attached hydrogens (tertiary/aromatic N) is 1. The molecule has 6 heteroatoms. The first kappa shape index (κ1) is 17.6. The lowest BCUT2D eigenvalue weighted by Crippen LogP contribution is -2.46. The molecule has 1 aliphatic heterocycles. The normalized spacial score (nSPS) is 17.8. The molecule has 118 valence electrons. The third-order valence-electron chi connectivity index (χ3n) is 3.45. The Morgan fingerprint density at radius 3 is 2.62 bits per heavy atom. The number of halogens is 1. The molecular weight excluding hydrogens is 292 g/mol. The Morgan fingerprint density at radius 1 is 1.33 bits per heavy atom. The average molecular weight is 315 g/mol. The summed E-state index contributed by atoms with van der Waals surface area (Å²) in [4.78, 5) is 13.8. The van der Waals surface area contributed by atoms with Gasteiger partial charge >= 0.3 is 0 Å². The van der Waals surface area contributed by atoms with Crippen LogP contribution in [0.15, 0.2) is 24.3 Å². The van der Waals surface area contributed by atoms with Gasteiger partial charge in [-0.1, -0.05) is 0 Å². The van der Waals surface area contributed by atoms with E-state index in [0.717, 1.165) is 30.9 Å². The van der Waals surface area contributed by atoms with Gasteiger partial charge in [0, 0.05) is 19.1 Å². The Hall–Kier alpha value is -1.46. The van der Waals surface area contributed by atoms with Gasteiger partial charge in [-0.05, 0) is 37.1 Å². The molecule has 1 fully saturated rings. The van der Waals surface area contributed by atoms with E-state index in [9.17, 15) is 4.79 Å². The Morgan fingerprint density at radius 2 is 2.00 bits per heavy atom. The van der Waals surface area contributed by atoms with E-state index in [2.05, 4.69) is 0 Å². The number of hydrogen-bond acceptors (Lipinski definition) is 4. The summed E-state index contributed by atoms with van der Waals surface area (Å²) in [5, 5.41) is 0. The third kappa shape index (κ3) is 5.44. The molecule has 1 atom stereocenters. The maximum absolute atomic E-state index is 12.0. The molecule has 0 radical (unpaired) electrons. The number of carbonyl (C=O) groups excluding carboxylic acids is 1. The van der Waals surface area contributed by atoms with Gasteiger partial charge in [-0.2, -0.15) is 0 Å². The highest BCUT2D eigenvalue weighted by Gasteiger charge is 2.20. The summed E-state index contributed by atoms with van der Waals surface area (Å²) >= 11 is 0. The monoisotopic (exact) mass is 314 g/mol. The summed E-state index contributed by atoms with van der Waals surface area (Å²) in [6.45, 7) is 1.87. The fraction of sp³-hybridized carbons (Fsp3) is 0.533. The summed E-state index contributed by atoms with van der Waals surface area (Å²) < 4.78 is 10.6. The number of piperidine rings is 1. The fourth-order valence-corrected chi connectivity index (χ4v) is 2.32. The van der Waals surface area contributed by atoms with Crippen molar-refractivity contribution in [2.75, 3.05) is 26.8 Å². The van der Waals surface area contributed by atoms with Crippen LogP contribution in [0.2, 0.25) is 0 Å².